The number of rotatable bonds is 2. The molecule has 2 heterocycles. The van der Waals surface area contributed by atoms with Gasteiger partial charge in [0.1, 0.15) is 5.82 Å². The first-order valence-corrected chi connectivity index (χ1v) is 4.52. The highest BCUT2D eigenvalue weighted by atomic mass is 15.3. The first-order chi connectivity index (χ1) is 6.66. The number of hydrogen-bond acceptors (Lipinski definition) is 3. The highest BCUT2D eigenvalue weighted by Crippen LogP contribution is 2.18. The van der Waals surface area contributed by atoms with Crippen LogP contribution in [0, 0.1) is 0 Å². The number of aromatic amines is 1. The highest BCUT2D eigenvalue weighted by molar-refractivity contribution is 5.60. The molecule has 0 aliphatic rings. The quantitative estimate of drug-likeness (QED) is 0.754. The van der Waals surface area contributed by atoms with Gasteiger partial charge in [0, 0.05) is 23.9 Å². The molecule has 0 aromatic carbocycles. The Bertz CT molecular complexity index is 426. The number of H-pyrrole nitrogens is 1. The number of hydrogen-bond donors (Lipinski definition) is 2. The molecule has 0 radical (unpaired) electrons. The second kappa shape index (κ2) is 3.17. The molecule has 74 valence electrons. The summed E-state index contributed by atoms with van der Waals surface area (Å²) in [6, 6.07) is 2.16. The second-order valence-corrected chi connectivity index (χ2v) is 3.51. The van der Waals surface area contributed by atoms with Crippen molar-refractivity contribution < 1.29 is 0 Å². The number of nitrogens with one attached hydrogen (secondary N) is 1. The van der Waals surface area contributed by atoms with Crippen LogP contribution in [0.15, 0.2) is 18.5 Å². The first-order valence-electron chi connectivity index (χ1n) is 4.52. The molecule has 0 aliphatic carbocycles. The van der Waals surface area contributed by atoms with Crippen molar-refractivity contribution in [3.8, 4) is 11.3 Å². The molecule has 5 nitrogen and oxygen atoms in total. The highest BCUT2D eigenvalue weighted by Gasteiger charge is 2.05. The van der Waals surface area contributed by atoms with Gasteiger partial charge in [0.15, 0.2) is 0 Å². The third kappa shape index (κ3) is 1.48. The normalized spacial score (nSPS) is 11.1. The Hall–Kier alpha value is -1.78. The molecule has 2 aromatic rings. The van der Waals surface area contributed by atoms with E-state index in [4.69, 9.17) is 5.73 Å². The lowest BCUT2D eigenvalue weighted by Crippen LogP contribution is -1.99. The molecule has 0 aliphatic heterocycles. The van der Waals surface area contributed by atoms with E-state index in [1.54, 1.807) is 12.3 Å². The van der Waals surface area contributed by atoms with Crippen molar-refractivity contribution in [1.82, 2.24) is 20.0 Å². The van der Waals surface area contributed by atoms with Gasteiger partial charge in [0.25, 0.3) is 0 Å². The van der Waals surface area contributed by atoms with Crippen LogP contribution in [0.25, 0.3) is 11.3 Å². The number of nitrogen functional groups attached to an aromatic ring is 1. The SMILES string of the molecule is CC(C)n1cc(-c2cc(N)n[nH]2)cn1. The van der Waals surface area contributed by atoms with Crippen molar-refractivity contribution in [2.24, 2.45) is 0 Å². The van der Waals surface area contributed by atoms with Crippen LogP contribution in [-0.2, 0) is 0 Å². The second-order valence-electron chi connectivity index (χ2n) is 3.51. The summed E-state index contributed by atoms with van der Waals surface area (Å²) in [5, 5.41) is 10.9. The maximum atomic E-state index is 5.51. The smallest absolute Gasteiger partial charge is 0.145 e. The Morgan fingerprint density at radius 3 is 2.79 bits per heavy atom. The predicted octanol–water partition coefficient (Wildman–Crippen LogP) is 1.44. The zero-order chi connectivity index (χ0) is 10.1. The minimum atomic E-state index is 0.365. The molecular formula is C9H13N5. The van der Waals surface area contributed by atoms with Crippen LogP contribution >= 0.6 is 0 Å². The molecule has 0 saturated carbocycles. The molecular weight excluding hydrogens is 178 g/mol. The summed E-state index contributed by atoms with van der Waals surface area (Å²) in [6.45, 7) is 4.16. The molecule has 5 heteroatoms. The van der Waals surface area contributed by atoms with E-state index in [-0.39, 0.29) is 0 Å². The van der Waals surface area contributed by atoms with Gasteiger partial charge in [-0.15, -0.1) is 0 Å². The zero-order valence-corrected chi connectivity index (χ0v) is 8.23. The zero-order valence-electron chi connectivity index (χ0n) is 8.23. The number of aromatic nitrogens is 4. The topological polar surface area (TPSA) is 72.5 Å². The Kier molecular flexibility index (Phi) is 1.99. The van der Waals surface area contributed by atoms with Crippen molar-refractivity contribution >= 4 is 5.82 Å². The van der Waals surface area contributed by atoms with Crippen LogP contribution in [0.5, 0.6) is 0 Å². The molecule has 3 N–H and O–H groups in total. The van der Waals surface area contributed by atoms with Crippen LogP contribution in [0.2, 0.25) is 0 Å². The van der Waals surface area contributed by atoms with Crippen molar-refractivity contribution in [2.45, 2.75) is 19.9 Å². The van der Waals surface area contributed by atoms with Crippen molar-refractivity contribution in [3.63, 3.8) is 0 Å². The summed E-state index contributed by atoms with van der Waals surface area (Å²) in [6.07, 6.45) is 3.77. The van der Waals surface area contributed by atoms with Crippen molar-refractivity contribution in [1.29, 1.82) is 0 Å². The van der Waals surface area contributed by atoms with Gasteiger partial charge in [-0.2, -0.15) is 10.2 Å². The average molecular weight is 191 g/mol. The van der Waals surface area contributed by atoms with Gasteiger partial charge in [-0.1, -0.05) is 0 Å². The molecule has 0 amide bonds. The summed E-state index contributed by atoms with van der Waals surface area (Å²) in [5.74, 6) is 0.497. The standard InChI is InChI=1S/C9H13N5/c1-6(2)14-5-7(4-11-14)8-3-9(10)13-12-8/h3-6H,1-2H3,(H3,10,12,13). The van der Waals surface area contributed by atoms with Gasteiger partial charge in [-0.05, 0) is 13.8 Å². The third-order valence-electron chi connectivity index (χ3n) is 2.04. The third-order valence-corrected chi connectivity index (χ3v) is 2.04. The largest absolute Gasteiger partial charge is 0.382 e. The summed E-state index contributed by atoms with van der Waals surface area (Å²) >= 11 is 0. The van der Waals surface area contributed by atoms with Crippen LogP contribution in [0.3, 0.4) is 0 Å². The molecule has 0 bridgehead atoms. The lowest BCUT2D eigenvalue weighted by atomic mass is 10.2. The van der Waals surface area contributed by atoms with E-state index in [1.807, 2.05) is 10.9 Å². The van der Waals surface area contributed by atoms with E-state index < -0.39 is 0 Å². The molecule has 2 rings (SSSR count). The summed E-state index contributed by atoms with van der Waals surface area (Å²) in [4.78, 5) is 0. The van der Waals surface area contributed by atoms with E-state index in [1.165, 1.54) is 0 Å². The molecule has 0 saturated heterocycles. The van der Waals surface area contributed by atoms with Gasteiger partial charge in [0.2, 0.25) is 0 Å². The number of nitrogens with zero attached hydrogens (tertiary/aromatic N) is 3. The van der Waals surface area contributed by atoms with Crippen molar-refractivity contribution in [3.05, 3.63) is 18.5 Å². The Balaban J connectivity index is 2.33. The fourth-order valence-electron chi connectivity index (χ4n) is 1.24. The fraction of sp³-hybridized carbons (Fsp3) is 0.333. The van der Waals surface area contributed by atoms with Gasteiger partial charge in [0.05, 0.1) is 11.9 Å². The van der Waals surface area contributed by atoms with Crippen LogP contribution in [0.1, 0.15) is 19.9 Å². The predicted molar refractivity (Wildman–Crippen MR) is 54.6 cm³/mol. The Labute approximate surface area is 81.9 Å². The van der Waals surface area contributed by atoms with Gasteiger partial charge in [-0.25, -0.2) is 0 Å². The van der Waals surface area contributed by atoms with E-state index in [0.717, 1.165) is 11.3 Å². The number of nitrogens with two attached hydrogens (primary N) is 1. The fourth-order valence-corrected chi connectivity index (χ4v) is 1.24. The summed E-state index contributed by atoms with van der Waals surface area (Å²) < 4.78 is 1.90. The van der Waals surface area contributed by atoms with Crippen LogP contribution in [0.4, 0.5) is 5.82 Å². The maximum Gasteiger partial charge on any atom is 0.145 e. The molecule has 0 atom stereocenters. The molecule has 14 heavy (non-hydrogen) atoms. The van der Waals surface area contributed by atoms with E-state index in [2.05, 4.69) is 29.1 Å². The van der Waals surface area contributed by atoms with Crippen LogP contribution in [-0.4, -0.2) is 20.0 Å². The first kappa shape index (κ1) is 8.80. The lowest BCUT2D eigenvalue weighted by molar-refractivity contribution is 0.532. The monoisotopic (exact) mass is 191 g/mol. The number of anilines is 1. The Morgan fingerprint density at radius 2 is 2.29 bits per heavy atom. The molecule has 0 spiro atoms. The van der Waals surface area contributed by atoms with Gasteiger partial charge >= 0.3 is 0 Å². The van der Waals surface area contributed by atoms with Crippen LogP contribution < -0.4 is 5.73 Å². The van der Waals surface area contributed by atoms with Gasteiger partial charge in [-0.3, -0.25) is 9.78 Å². The molecule has 0 fully saturated rings. The lowest BCUT2D eigenvalue weighted by Gasteiger charge is -2.02. The molecule has 0 unspecified atom stereocenters. The maximum absolute atomic E-state index is 5.51. The minimum absolute atomic E-state index is 0.365. The van der Waals surface area contributed by atoms with Crippen molar-refractivity contribution in [2.75, 3.05) is 5.73 Å². The van der Waals surface area contributed by atoms with E-state index >= 15 is 0 Å². The minimum Gasteiger partial charge on any atom is -0.382 e. The van der Waals surface area contributed by atoms with E-state index in [9.17, 15) is 0 Å². The van der Waals surface area contributed by atoms with E-state index in [0.29, 0.717) is 11.9 Å². The summed E-state index contributed by atoms with van der Waals surface area (Å²) in [5.41, 5.74) is 7.41. The van der Waals surface area contributed by atoms with Gasteiger partial charge < -0.3 is 5.73 Å². The Morgan fingerprint density at radius 1 is 1.50 bits per heavy atom. The summed E-state index contributed by atoms with van der Waals surface area (Å²) in [7, 11) is 0. The molecule has 2 aromatic heterocycles. The average Bonchev–Trinajstić information content (AvgIpc) is 2.70.